The maximum atomic E-state index is 11.9. The zero-order valence-corrected chi connectivity index (χ0v) is 24.3. The monoisotopic (exact) mass is 604 g/mol. The Labute approximate surface area is 246 Å². The summed E-state index contributed by atoms with van der Waals surface area (Å²) >= 11 is 0. The van der Waals surface area contributed by atoms with Crippen molar-refractivity contribution in [1.29, 1.82) is 0 Å². The van der Waals surface area contributed by atoms with Gasteiger partial charge in [-0.15, -0.1) is 0 Å². The fourth-order valence-corrected chi connectivity index (χ4v) is 4.38. The number of hydrogen-bond donors (Lipinski definition) is 3. The van der Waals surface area contributed by atoms with Gasteiger partial charge in [-0.2, -0.15) is 4.98 Å². The number of unbranched alkanes of at least 4 members (excludes halogenated alkanes) is 2. The van der Waals surface area contributed by atoms with E-state index in [1.54, 1.807) is 13.8 Å². The quantitative estimate of drug-likeness (QED) is 0.219. The molecule has 2 saturated heterocycles. The lowest BCUT2D eigenvalue weighted by molar-refractivity contribution is -0.148. The molecule has 0 radical (unpaired) electrons. The van der Waals surface area contributed by atoms with Crippen LogP contribution in [0.4, 0.5) is 0 Å². The third kappa shape index (κ3) is 9.45. The molecule has 0 unspecified atom stereocenters. The van der Waals surface area contributed by atoms with Crippen LogP contribution in [0.1, 0.15) is 77.8 Å². The van der Waals surface area contributed by atoms with Crippen LogP contribution in [0.5, 0.6) is 5.88 Å². The van der Waals surface area contributed by atoms with Gasteiger partial charge in [0, 0.05) is 58.2 Å². The Bertz CT molecular complexity index is 1510. The summed E-state index contributed by atoms with van der Waals surface area (Å²) in [5, 5.41) is 18.4. The molecular weight excluding hydrogens is 568 g/mol. The van der Waals surface area contributed by atoms with Crippen molar-refractivity contribution in [2.45, 2.75) is 96.7 Å². The average molecular weight is 605 g/mol. The van der Waals surface area contributed by atoms with E-state index in [1.165, 1.54) is 41.4 Å². The summed E-state index contributed by atoms with van der Waals surface area (Å²) in [6, 6.07) is 1.40. The number of aromatic nitrogens is 4. The van der Waals surface area contributed by atoms with E-state index in [4.69, 9.17) is 24.1 Å². The number of carbonyl (C=O) groups is 2. The van der Waals surface area contributed by atoms with Gasteiger partial charge in [0.25, 0.3) is 5.56 Å². The Morgan fingerprint density at radius 3 is 2.37 bits per heavy atom. The van der Waals surface area contributed by atoms with Crippen molar-refractivity contribution >= 4 is 11.9 Å². The van der Waals surface area contributed by atoms with E-state index in [9.17, 15) is 29.1 Å². The fraction of sp³-hybridized carbons (Fsp3) is 0.571. The predicted molar refractivity (Wildman–Crippen MR) is 149 cm³/mol. The maximum absolute atomic E-state index is 11.9. The summed E-state index contributed by atoms with van der Waals surface area (Å²) in [7, 11) is 0. The van der Waals surface area contributed by atoms with Crippen LogP contribution in [0, 0.1) is 11.8 Å². The number of aromatic amines is 1. The zero-order chi connectivity index (χ0) is 31.7. The number of nitrogens with one attached hydrogen (secondary N) is 1. The number of aliphatic hydroxyl groups excluding tert-OH is 2. The Morgan fingerprint density at radius 1 is 1.07 bits per heavy atom. The molecule has 0 aromatic carbocycles. The molecule has 4 rings (SSSR count). The second-order valence-electron chi connectivity index (χ2n) is 10.0. The molecule has 2 aromatic rings. The molecule has 0 saturated carbocycles. The van der Waals surface area contributed by atoms with Crippen molar-refractivity contribution in [2.75, 3.05) is 6.61 Å². The molecule has 3 N–H and O–H groups in total. The standard InChI is InChI=1S/C15H20N2O5.C13H16N2O6/c1-10-12(19)8-13(22-10)17-9-11(14(20)16-15(17)21)6-4-2-3-5-7-18;1-7-10(20-8(2)16)6-12(19-7)15-5-4-11(14-13(15)18)21-9(3)17/h9-10,12-13,18-19H,2-3,5,7-8H2,1H3,(H,16,20,21);4-5,7,10,12H,6H2,1-3H3/t10-,12-,13-;7-,10-,12-/m11/s1. The molecule has 2 fully saturated rings. The van der Waals surface area contributed by atoms with Gasteiger partial charge in [0.1, 0.15) is 24.1 Å². The van der Waals surface area contributed by atoms with Crippen LogP contribution in [0.15, 0.2) is 32.8 Å². The second-order valence-corrected chi connectivity index (χ2v) is 10.0. The van der Waals surface area contributed by atoms with Crippen LogP contribution >= 0.6 is 0 Å². The molecular formula is C28H36N4O11. The molecule has 43 heavy (non-hydrogen) atoms. The van der Waals surface area contributed by atoms with Crippen molar-refractivity contribution in [3.63, 3.8) is 0 Å². The van der Waals surface area contributed by atoms with Crippen molar-refractivity contribution < 1.29 is 38.7 Å². The molecule has 2 aliphatic heterocycles. The smallest absolute Gasteiger partial charge is 0.352 e. The number of nitrogens with zero attached hydrogens (tertiary/aromatic N) is 3. The SMILES string of the molecule is CC(=O)Oc1ccn([C@H]2C[C@@H](OC(C)=O)[C@@H](C)O2)c(=O)n1.C[C@H]1O[C@@H](n2cc(C#CCCCCO)c(=O)[nH]c2=O)C[C@H]1O. The van der Waals surface area contributed by atoms with Crippen LogP contribution in [0.2, 0.25) is 0 Å². The van der Waals surface area contributed by atoms with Gasteiger partial charge in [-0.05, 0) is 26.7 Å². The zero-order valence-electron chi connectivity index (χ0n) is 24.3. The number of hydrogen-bond acceptors (Lipinski definition) is 12. The molecule has 0 aliphatic carbocycles. The molecule has 4 heterocycles. The number of esters is 2. The fourth-order valence-electron chi connectivity index (χ4n) is 4.38. The van der Waals surface area contributed by atoms with Gasteiger partial charge < -0.3 is 29.2 Å². The highest BCUT2D eigenvalue weighted by Crippen LogP contribution is 2.30. The average Bonchev–Trinajstić information content (AvgIpc) is 3.45. The molecule has 2 aromatic heterocycles. The summed E-state index contributed by atoms with van der Waals surface area (Å²) in [5.74, 6) is 4.56. The minimum absolute atomic E-state index is 0.0636. The number of rotatable bonds is 7. The lowest BCUT2D eigenvalue weighted by atomic mass is 10.2. The molecule has 0 amide bonds. The number of H-pyrrole nitrogens is 1. The first-order chi connectivity index (χ1) is 20.4. The van der Waals surface area contributed by atoms with Crippen molar-refractivity contribution in [2.24, 2.45) is 0 Å². The Hall–Kier alpha value is -4.10. The highest BCUT2D eigenvalue weighted by Gasteiger charge is 2.36. The first-order valence-corrected chi connectivity index (χ1v) is 13.8. The highest BCUT2D eigenvalue weighted by atomic mass is 16.6. The van der Waals surface area contributed by atoms with Gasteiger partial charge >= 0.3 is 23.3 Å². The largest absolute Gasteiger partial charge is 0.460 e. The third-order valence-corrected chi connectivity index (χ3v) is 6.58. The second kappa shape index (κ2) is 15.4. The predicted octanol–water partition coefficient (Wildman–Crippen LogP) is 0.127. The molecule has 15 nitrogen and oxygen atoms in total. The first kappa shape index (κ1) is 33.4. The van der Waals surface area contributed by atoms with Crippen LogP contribution in [0.3, 0.4) is 0 Å². The van der Waals surface area contributed by atoms with Crippen LogP contribution in [0.25, 0.3) is 0 Å². The van der Waals surface area contributed by atoms with Gasteiger partial charge in [-0.25, -0.2) is 9.59 Å². The molecule has 0 bridgehead atoms. The van der Waals surface area contributed by atoms with E-state index in [-0.39, 0.29) is 36.7 Å². The summed E-state index contributed by atoms with van der Waals surface area (Å²) in [6.07, 6.45) is 2.50. The lowest BCUT2D eigenvalue weighted by Crippen LogP contribution is -2.33. The maximum Gasteiger partial charge on any atom is 0.352 e. The minimum atomic E-state index is -0.642. The minimum Gasteiger partial charge on any atom is -0.460 e. The highest BCUT2D eigenvalue weighted by molar-refractivity contribution is 5.68. The number of ether oxygens (including phenoxy) is 4. The van der Waals surface area contributed by atoms with Crippen LogP contribution in [-0.4, -0.2) is 72.3 Å². The van der Waals surface area contributed by atoms with E-state index in [0.29, 0.717) is 19.3 Å². The van der Waals surface area contributed by atoms with E-state index < -0.39 is 53.5 Å². The van der Waals surface area contributed by atoms with E-state index in [1.807, 2.05) is 0 Å². The summed E-state index contributed by atoms with van der Waals surface area (Å²) in [4.78, 5) is 63.2. The third-order valence-electron chi connectivity index (χ3n) is 6.58. The van der Waals surface area contributed by atoms with Crippen molar-refractivity contribution in [1.82, 2.24) is 19.1 Å². The van der Waals surface area contributed by atoms with E-state index >= 15 is 0 Å². The normalized spacial score (nSPS) is 24.3. The Balaban J connectivity index is 0.000000236. The number of aliphatic hydroxyl groups is 2. The number of carbonyl (C=O) groups excluding carboxylic acids is 2. The van der Waals surface area contributed by atoms with Gasteiger partial charge in [0.05, 0.1) is 18.3 Å². The molecule has 0 spiro atoms. The summed E-state index contributed by atoms with van der Waals surface area (Å²) in [5.41, 5.74) is -1.54. The van der Waals surface area contributed by atoms with E-state index in [2.05, 4.69) is 21.8 Å². The molecule has 15 heteroatoms. The van der Waals surface area contributed by atoms with Crippen molar-refractivity contribution in [3.05, 3.63) is 55.3 Å². The lowest BCUT2D eigenvalue weighted by Gasteiger charge is -2.13. The topological polar surface area (TPSA) is 201 Å². The molecule has 234 valence electrons. The first-order valence-electron chi connectivity index (χ1n) is 13.8. The molecule has 2 aliphatic rings. The van der Waals surface area contributed by atoms with Gasteiger partial charge in [0.2, 0.25) is 5.88 Å². The van der Waals surface area contributed by atoms with Gasteiger partial charge in [0.15, 0.2) is 0 Å². The van der Waals surface area contributed by atoms with Crippen LogP contribution < -0.4 is 21.7 Å². The van der Waals surface area contributed by atoms with E-state index in [0.717, 1.165) is 6.42 Å². The molecule has 6 atom stereocenters. The summed E-state index contributed by atoms with van der Waals surface area (Å²) in [6.45, 7) is 6.15. The Kier molecular flexibility index (Phi) is 12.0. The Morgan fingerprint density at radius 2 is 1.77 bits per heavy atom. The van der Waals surface area contributed by atoms with Gasteiger partial charge in [-0.3, -0.25) is 28.5 Å². The van der Waals surface area contributed by atoms with Crippen molar-refractivity contribution in [3.8, 4) is 17.7 Å². The van der Waals surface area contributed by atoms with Gasteiger partial charge in [-0.1, -0.05) is 11.8 Å². The van der Waals surface area contributed by atoms with Crippen LogP contribution in [-0.2, 0) is 23.8 Å². The summed E-state index contributed by atoms with van der Waals surface area (Å²) < 4.78 is 23.5.